The maximum atomic E-state index is 11.1. The van der Waals surface area contributed by atoms with Crippen LogP contribution in [0.5, 0.6) is 23.0 Å². The maximum Gasteiger partial charge on any atom is 0.231 e. The number of phenols is 1. The van der Waals surface area contributed by atoms with Crippen LogP contribution in [0, 0.1) is 0 Å². The fourth-order valence-electron chi connectivity index (χ4n) is 5.94. The van der Waals surface area contributed by atoms with Crippen molar-refractivity contribution >= 4 is 39.7 Å². The van der Waals surface area contributed by atoms with E-state index >= 15 is 0 Å². The lowest BCUT2D eigenvalue weighted by Gasteiger charge is -2.36. The van der Waals surface area contributed by atoms with E-state index in [1.807, 2.05) is 24.3 Å². The second-order valence-corrected chi connectivity index (χ2v) is 11.1. The summed E-state index contributed by atoms with van der Waals surface area (Å²) in [5.74, 6) is 2.26. The van der Waals surface area contributed by atoms with Crippen molar-refractivity contribution < 1.29 is 23.9 Å². The first-order valence-corrected chi connectivity index (χ1v) is 13.9. The minimum Gasteiger partial charge on any atom is -0.504 e. The Bertz CT molecular complexity index is 1620. The average molecular weight is 565 g/mol. The quantitative estimate of drug-likeness (QED) is 0.334. The van der Waals surface area contributed by atoms with Gasteiger partial charge in [-0.3, -0.25) is 4.90 Å². The van der Waals surface area contributed by atoms with Gasteiger partial charge in [-0.25, -0.2) is 0 Å². The van der Waals surface area contributed by atoms with Crippen molar-refractivity contribution in [3.8, 4) is 34.3 Å². The van der Waals surface area contributed by atoms with Crippen LogP contribution < -0.4 is 23.7 Å². The Morgan fingerprint density at radius 3 is 2.51 bits per heavy atom. The Balaban J connectivity index is 1.22. The number of benzene rings is 3. The number of pyridine rings is 1. The zero-order valence-corrected chi connectivity index (χ0v) is 23.1. The van der Waals surface area contributed by atoms with Crippen molar-refractivity contribution in [2.45, 2.75) is 19.5 Å². The molecule has 1 N–H and O–H groups in total. The van der Waals surface area contributed by atoms with Gasteiger partial charge in [0, 0.05) is 56.3 Å². The first-order chi connectivity index (χ1) is 19.0. The number of aromatic nitrogens is 1. The van der Waals surface area contributed by atoms with Gasteiger partial charge in [0.15, 0.2) is 35.7 Å². The minimum absolute atomic E-state index is 0.174. The molecule has 9 heteroatoms. The smallest absolute Gasteiger partial charge is 0.231 e. The first kappa shape index (κ1) is 24.6. The van der Waals surface area contributed by atoms with Crippen LogP contribution in [0.1, 0.15) is 11.1 Å². The highest BCUT2D eigenvalue weighted by Gasteiger charge is 2.30. The molecule has 4 heterocycles. The van der Waals surface area contributed by atoms with Crippen LogP contribution in [0.2, 0.25) is 10.0 Å². The van der Waals surface area contributed by atoms with E-state index in [1.165, 1.54) is 5.56 Å². The monoisotopic (exact) mass is 564 g/mol. The standard InChI is InChI=1S/C30H27Cl2N3O4/c1-37-29-11-19(15-33-6-8-34(9-7-33)20-2-3-24(31)25(32)12-20)21-13-26-22-14-28-27(38-17-39-28)10-18(22)4-5-35(26)16-23(21)30(29)36/h2-3,10-14,16H,4-9,15,17H2,1H3/p+1. The number of aryl methyl sites for hydroxylation is 2. The van der Waals surface area contributed by atoms with Gasteiger partial charge >= 0.3 is 0 Å². The number of piperazine rings is 1. The lowest BCUT2D eigenvalue weighted by Crippen LogP contribution is -2.46. The first-order valence-electron chi connectivity index (χ1n) is 13.1. The van der Waals surface area contributed by atoms with Gasteiger partial charge < -0.3 is 24.2 Å². The molecule has 0 radical (unpaired) electrons. The third-order valence-electron chi connectivity index (χ3n) is 8.06. The molecule has 0 amide bonds. The number of halogens is 2. The van der Waals surface area contributed by atoms with E-state index in [2.05, 4.69) is 38.8 Å². The topological polar surface area (TPSA) is 58.3 Å². The van der Waals surface area contributed by atoms with Crippen LogP contribution >= 0.6 is 23.2 Å². The Labute approximate surface area is 236 Å². The number of ether oxygens (including phenoxy) is 3. The zero-order valence-electron chi connectivity index (χ0n) is 21.5. The van der Waals surface area contributed by atoms with Gasteiger partial charge in [-0.05, 0) is 47.5 Å². The van der Waals surface area contributed by atoms with Crippen molar-refractivity contribution in [3.63, 3.8) is 0 Å². The summed E-state index contributed by atoms with van der Waals surface area (Å²) >= 11 is 12.4. The SMILES string of the molecule is COc1cc(CN2CCN(c3ccc(Cl)c(Cl)c3)CC2)c2cc3[n+](cc2c1O)CCc1cc2c(cc1-3)OCO2. The zero-order chi connectivity index (χ0) is 26.7. The molecule has 4 aromatic rings. The molecule has 39 heavy (non-hydrogen) atoms. The molecule has 7 nitrogen and oxygen atoms in total. The van der Waals surface area contributed by atoms with Gasteiger partial charge in [0.05, 0.1) is 28.1 Å². The summed E-state index contributed by atoms with van der Waals surface area (Å²) in [5, 5.41) is 14.1. The summed E-state index contributed by atoms with van der Waals surface area (Å²) in [6, 6.07) is 14.2. The molecular formula is C30H28Cl2N3O4+. The van der Waals surface area contributed by atoms with Gasteiger partial charge in [0.25, 0.3) is 0 Å². The molecule has 0 saturated carbocycles. The summed E-state index contributed by atoms with van der Waals surface area (Å²) in [7, 11) is 1.60. The van der Waals surface area contributed by atoms with E-state index in [1.54, 1.807) is 7.11 Å². The molecule has 0 spiro atoms. The second kappa shape index (κ2) is 9.66. The largest absolute Gasteiger partial charge is 0.504 e. The molecule has 3 aliphatic rings. The minimum atomic E-state index is 0.174. The number of methoxy groups -OCH3 is 1. The van der Waals surface area contributed by atoms with Gasteiger partial charge in [-0.1, -0.05) is 23.2 Å². The van der Waals surface area contributed by atoms with Crippen LogP contribution in [0.4, 0.5) is 5.69 Å². The lowest BCUT2D eigenvalue weighted by molar-refractivity contribution is -0.686. The van der Waals surface area contributed by atoms with Crippen LogP contribution in [-0.2, 0) is 19.5 Å². The summed E-state index contributed by atoms with van der Waals surface area (Å²) in [5.41, 5.74) is 5.71. The summed E-state index contributed by atoms with van der Waals surface area (Å²) in [4.78, 5) is 4.78. The highest BCUT2D eigenvalue weighted by molar-refractivity contribution is 6.42. The summed E-state index contributed by atoms with van der Waals surface area (Å²) in [6.45, 7) is 5.40. The Morgan fingerprint density at radius 2 is 1.74 bits per heavy atom. The molecule has 0 atom stereocenters. The van der Waals surface area contributed by atoms with Gasteiger partial charge in [0.2, 0.25) is 12.5 Å². The van der Waals surface area contributed by atoms with Crippen molar-refractivity contribution in [1.82, 2.24) is 4.90 Å². The van der Waals surface area contributed by atoms with Crippen molar-refractivity contribution in [2.75, 3.05) is 45.0 Å². The normalized spacial score (nSPS) is 16.3. The third-order valence-corrected chi connectivity index (χ3v) is 8.80. The average Bonchev–Trinajstić information content (AvgIpc) is 3.42. The number of aromatic hydroxyl groups is 1. The van der Waals surface area contributed by atoms with E-state index < -0.39 is 0 Å². The van der Waals surface area contributed by atoms with Gasteiger partial charge in [0.1, 0.15) is 0 Å². The van der Waals surface area contributed by atoms with Crippen LogP contribution in [0.15, 0.2) is 48.7 Å². The van der Waals surface area contributed by atoms with Crippen molar-refractivity contribution in [1.29, 1.82) is 0 Å². The molecule has 3 aliphatic heterocycles. The predicted octanol–water partition coefficient (Wildman–Crippen LogP) is 5.42. The number of phenolic OH excluding ortho intramolecular Hbond substituents is 1. The molecule has 1 saturated heterocycles. The Kier molecular flexibility index (Phi) is 6.10. The molecular weight excluding hydrogens is 537 g/mol. The summed E-state index contributed by atoms with van der Waals surface area (Å²) < 4.78 is 19.1. The molecule has 200 valence electrons. The molecule has 1 fully saturated rings. The fraction of sp³-hybridized carbons (Fsp3) is 0.300. The molecule has 0 bridgehead atoms. The third kappa shape index (κ3) is 4.29. The summed E-state index contributed by atoms with van der Waals surface area (Å²) in [6.07, 6.45) is 2.94. The van der Waals surface area contributed by atoms with Crippen LogP contribution in [0.3, 0.4) is 0 Å². The molecule has 0 aliphatic carbocycles. The highest BCUT2D eigenvalue weighted by atomic mass is 35.5. The maximum absolute atomic E-state index is 11.1. The van der Waals surface area contributed by atoms with E-state index in [-0.39, 0.29) is 12.5 Å². The highest BCUT2D eigenvalue weighted by Crippen LogP contribution is 2.42. The molecule has 7 rings (SSSR count). The van der Waals surface area contributed by atoms with E-state index in [0.717, 1.165) is 90.5 Å². The number of rotatable bonds is 4. The number of hydrogen-bond acceptors (Lipinski definition) is 6. The number of fused-ring (bicyclic) bond motifs is 5. The lowest BCUT2D eigenvalue weighted by atomic mass is 9.94. The van der Waals surface area contributed by atoms with Crippen molar-refractivity contribution in [2.24, 2.45) is 0 Å². The second-order valence-electron chi connectivity index (χ2n) is 10.2. The van der Waals surface area contributed by atoms with Gasteiger partial charge in [-0.2, -0.15) is 4.57 Å². The van der Waals surface area contributed by atoms with Crippen molar-refractivity contribution in [3.05, 3.63) is 69.8 Å². The van der Waals surface area contributed by atoms with Crippen LogP contribution in [0.25, 0.3) is 22.0 Å². The van der Waals surface area contributed by atoms with E-state index in [9.17, 15) is 5.11 Å². The Hall–Kier alpha value is -3.39. The molecule has 1 aromatic heterocycles. The van der Waals surface area contributed by atoms with E-state index in [0.29, 0.717) is 15.8 Å². The fourth-order valence-corrected chi connectivity index (χ4v) is 6.24. The Morgan fingerprint density at radius 1 is 0.949 bits per heavy atom. The number of nitrogens with zero attached hydrogens (tertiary/aromatic N) is 3. The number of hydrogen-bond donors (Lipinski definition) is 1. The van der Waals surface area contributed by atoms with Crippen LogP contribution in [-0.4, -0.2) is 50.1 Å². The molecule has 3 aromatic carbocycles. The number of anilines is 1. The predicted molar refractivity (Wildman–Crippen MR) is 152 cm³/mol. The van der Waals surface area contributed by atoms with Gasteiger partial charge in [-0.15, -0.1) is 0 Å². The molecule has 0 unspecified atom stereocenters. The van der Waals surface area contributed by atoms with E-state index in [4.69, 9.17) is 37.4 Å².